The van der Waals surface area contributed by atoms with Gasteiger partial charge in [0, 0.05) is 32.2 Å². The predicted molar refractivity (Wildman–Crippen MR) is 61.6 cm³/mol. The zero-order valence-corrected chi connectivity index (χ0v) is 10.3. The maximum Gasteiger partial charge on any atom is 0.0639 e. The first kappa shape index (κ1) is 13.9. The normalized spacial score (nSPS) is 26.6. The maximum absolute atomic E-state index is 9.20. The number of rotatable bonds is 2. The summed E-state index contributed by atoms with van der Waals surface area (Å²) in [7, 11) is 2.16. The van der Waals surface area contributed by atoms with Gasteiger partial charge in [-0.3, -0.25) is 4.90 Å². The van der Waals surface area contributed by atoms with Gasteiger partial charge in [-0.05, 0) is 20.9 Å². The molecule has 3 heteroatoms. The first-order valence-electron chi connectivity index (χ1n) is 5.70. The molecule has 0 radical (unpaired) electrons. The van der Waals surface area contributed by atoms with Gasteiger partial charge >= 0.3 is 0 Å². The van der Waals surface area contributed by atoms with Crippen LogP contribution in [0.1, 0.15) is 27.7 Å². The van der Waals surface area contributed by atoms with Gasteiger partial charge in [0.1, 0.15) is 0 Å². The van der Waals surface area contributed by atoms with Crippen molar-refractivity contribution in [2.45, 2.75) is 39.8 Å². The van der Waals surface area contributed by atoms with E-state index in [1.54, 1.807) is 0 Å². The highest BCUT2D eigenvalue weighted by molar-refractivity contribution is 4.77. The monoisotopic (exact) mass is 202 g/mol. The molecule has 0 amide bonds. The van der Waals surface area contributed by atoms with Crippen molar-refractivity contribution in [3.63, 3.8) is 0 Å². The van der Waals surface area contributed by atoms with E-state index in [-0.39, 0.29) is 6.10 Å². The molecule has 1 aliphatic heterocycles. The summed E-state index contributed by atoms with van der Waals surface area (Å²) in [6, 6.07) is 0.623. The Balaban J connectivity index is 0.000000791. The molecule has 0 aromatic rings. The number of likely N-dealkylation sites (N-methyl/N-ethyl adjacent to an activating group) is 1. The van der Waals surface area contributed by atoms with Crippen LogP contribution in [0.15, 0.2) is 0 Å². The smallest absolute Gasteiger partial charge is 0.0639 e. The molecule has 0 bridgehead atoms. The second-order valence-corrected chi connectivity index (χ2v) is 3.94. The molecule has 1 heterocycles. The Morgan fingerprint density at radius 1 is 1.36 bits per heavy atom. The Morgan fingerprint density at radius 3 is 2.36 bits per heavy atom. The fraction of sp³-hybridized carbons (Fsp3) is 1.00. The van der Waals surface area contributed by atoms with E-state index in [0.29, 0.717) is 6.04 Å². The molecule has 14 heavy (non-hydrogen) atoms. The van der Waals surface area contributed by atoms with Crippen LogP contribution in [0.3, 0.4) is 0 Å². The topological polar surface area (TPSA) is 26.7 Å². The first-order chi connectivity index (χ1) is 6.59. The van der Waals surface area contributed by atoms with Gasteiger partial charge in [-0.2, -0.15) is 0 Å². The molecular formula is C11H26N2O. The molecule has 1 fully saturated rings. The lowest BCUT2D eigenvalue weighted by atomic mass is 10.2. The van der Waals surface area contributed by atoms with Gasteiger partial charge in [0.15, 0.2) is 0 Å². The highest BCUT2D eigenvalue weighted by Crippen LogP contribution is 2.06. The summed E-state index contributed by atoms with van der Waals surface area (Å²) < 4.78 is 0. The highest BCUT2D eigenvalue weighted by Gasteiger charge is 2.20. The summed E-state index contributed by atoms with van der Waals surface area (Å²) in [5.41, 5.74) is 0. The fourth-order valence-electron chi connectivity index (χ4n) is 1.66. The van der Waals surface area contributed by atoms with Gasteiger partial charge in [-0.25, -0.2) is 0 Å². The minimum Gasteiger partial charge on any atom is -0.392 e. The number of aliphatic hydroxyl groups excluding tert-OH is 1. The zero-order chi connectivity index (χ0) is 11.1. The van der Waals surface area contributed by atoms with Gasteiger partial charge in [0.05, 0.1) is 6.10 Å². The van der Waals surface area contributed by atoms with Gasteiger partial charge in [0.25, 0.3) is 0 Å². The highest BCUT2D eigenvalue weighted by atomic mass is 16.3. The SMILES string of the molecule is CC.C[C@H](O)CN1CCN(C)[C@H](C)C1. The molecule has 3 nitrogen and oxygen atoms in total. The quantitative estimate of drug-likeness (QED) is 0.724. The third-order valence-electron chi connectivity index (χ3n) is 2.57. The molecule has 1 rings (SSSR count). The Bertz CT molecular complexity index is 139. The third kappa shape index (κ3) is 4.94. The molecule has 0 spiro atoms. The van der Waals surface area contributed by atoms with Crippen molar-refractivity contribution in [3.05, 3.63) is 0 Å². The second-order valence-electron chi connectivity index (χ2n) is 3.94. The van der Waals surface area contributed by atoms with E-state index >= 15 is 0 Å². The van der Waals surface area contributed by atoms with Gasteiger partial charge < -0.3 is 10.0 Å². The molecule has 0 saturated carbocycles. The lowest BCUT2D eigenvalue weighted by Gasteiger charge is -2.38. The minimum absolute atomic E-state index is 0.194. The Morgan fingerprint density at radius 2 is 1.93 bits per heavy atom. The Kier molecular flexibility index (Phi) is 7.15. The molecule has 0 aromatic carbocycles. The summed E-state index contributed by atoms with van der Waals surface area (Å²) >= 11 is 0. The van der Waals surface area contributed by atoms with Crippen LogP contribution < -0.4 is 0 Å². The number of hydrogen-bond donors (Lipinski definition) is 1. The van der Waals surface area contributed by atoms with Crippen LogP contribution in [-0.4, -0.2) is 60.3 Å². The van der Waals surface area contributed by atoms with Crippen molar-refractivity contribution < 1.29 is 5.11 Å². The molecule has 1 aliphatic rings. The molecule has 0 aliphatic carbocycles. The fourth-order valence-corrected chi connectivity index (χ4v) is 1.66. The molecule has 0 aromatic heterocycles. The van der Waals surface area contributed by atoms with Crippen molar-refractivity contribution in [2.24, 2.45) is 0 Å². The van der Waals surface area contributed by atoms with E-state index in [0.717, 1.165) is 26.2 Å². The van der Waals surface area contributed by atoms with Crippen molar-refractivity contribution in [1.82, 2.24) is 9.80 Å². The second kappa shape index (κ2) is 7.21. The van der Waals surface area contributed by atoms with Crippen LogP contribution in [0, 0.1) is 0 Å². The van der Waals surface area contributed by atoms with Gasteiger partial charge in [-0.15, -0.1) is 0 Å². The first-order valence-corrected chi connectivity index (χ1v) is 5.70. The van der Waals surface area contributed by atoms with Gasteiger partial charge in [-0.1, -0.05) is 13.8 Å². The maximum atomic E-state index is 9.20. The number of aliphatic hydroxyl groups is 1. The molecule has 86 valence electrons. The summed E-state index contributed by atoms with van der Waals surface area (Å²) in [5, 5.41) is 9.20. The summed E-state index contributed by atoms with van der Waals surface area (Å²) in [6.07, 6.45) is -0.194. The molecule has 1 N–H and O–H groups in total. The van der Waals surface area contributed by atoms with Crippen molar-refractivity contribution >= 4 is 0 Å². The molecular weight excluding hydrogens is 176 g/mol. The molecule has 0 unspecified atom stereocenters. The standard InChI is InChI=1S/C9H20N2O.C2H6/c1-8-6-11(7-9(2)12)5-4-10(8)3;1-2/h8-9,12H,4-7H2,1-3H3;1-2H3/t8-,9+;/m1./s1. The number of nitrogens with zero attached hydrogens (tertiary/aromatic N) is 2. The van der Waals surface area contributed by atoms with E-state index in [4.69, 9.17) is 0 Å². The Hall–Kier alpha value is -0.120. The molecule has 2 atom stereocenters. The minimum atomic E-state index is -0.194. The van der Waals surface area contributed by atoms with Crippen LogP contribution in [0.25, 0.3) is 0 Å². The van der Waals surface area contributed by atoms with Crippen LogP contribution in [-0.2, 0) is 0 Å². The predicted octanol–water partition coefficient (Wildman–Crippen LogP) is 1.03. The van der Waals surface area contributed by atoms with Crippen LogP contribution in [0.2, 0.25) is 0 Å². The van der Waals surface area contributed by atoms with Crippen LogP contribution in [0.5, 0.6) is 0 Å². The average Bonchev–Trinajstić information content (AvgIpc) is 2.14. The van der Waals surface area contributed by atoms with E-state index in [1.165, 1.54) is 0 Å². The van der Waals surface area contributed by atoms with E-state index in [2.05, 4.69) is 23.8 Å². The van der Waals surface area contributed by atoms with Gasteiger partial charge in [0.2, 0.25) is 0 Å². The van der Waals surface area contributed by atoms with Crippen LogP contribution >= 0.6 is 0 Å². The van der Waals surface area contributed by atoms with E-state index in [9.17, 15) is 5.11 Å². The van der Waals surface area contributed by atoms with Crippen molar-refractivity contribution in [3.8, 4) is 0 Å². The number of β-amino-alcohol motifs (C(OH)–C–C–N with tert-alkyl or cyclic N) is 1. The largest absolute Gasteiger partial charge is 0.392 e. The molecule has 1 saturated heterocycles. The summed E-state index contributed by atoms with van der Waals surface area (Å²) in [6.45, 7) is 12.2. The zero-order valence-electron chi connectivity index (χ0n) is 10.3. The summed E-state index contributed by atoms with van der Waals surface area (Å²) in [5.74, 6) is 0. The van der Waals surface area contributed by atoms with Crippen molar-refractivity contribution in [2.75, 3.05) is 33.2 Å². The van der Waals surface area contributed by atoms with Crippen molar-refractivity contribution in [1.29, 1.82) is 0 Å². The number of piperazine rings is 1. The number of hydrogen-bond acceptors (Lipinski definition) is 3. The Labute approximate surface area is 88.7 Å². The lowest BCUT2D eigenvalue weighted by molar-refractivity contribution is 0.0638. The average molecular weight is 202 g/mol. The van der Waals surface area contributed by atoms with Crippen LogP contribution in [0.4, 0.5) is 0 Å². The van der Waals surface area contributed by atoms with E-state index in [1.807, 2.05) is 20.8 Å². The van der Waals surface area contributed by atoms with E-state index < -0.39 is 0 Å². The summed E-state index contributed by atoms with van der Waals surface area (Å²) in [4.78, 5) is 4.69. The lowest BCUT2D eigenvalue weighted by Crippen LogP contribution is -2.51. The third-order valence-corrected chi connectivity index (χ3v) is 2.57.